The first-order chi connectivity index (χ1) is 5.72. The van der Waals surface area contributed by atoms with E-state index in [0.717, 1.165) is 5.56 Å². The smallest absolute Gasteiger partial charge is 0.165 e. The Kier molecular flexibility index (Phi) is 2.88. The first-order valence-electron chi connectivity index (χ1n) is 3.40. The minimum absolute atomic E-state index is 0.192. The molecule has 0 aliphatic carbocycles. The van der Waals surface area contributed by atoms with Crippen LogP contribution in [-0.2, 0) is 4.79 Å². The van der Waals surface area contributed by atoms with Gasteiger partial charge in [0, 0.05) is 5.02 Å². The number of carbonyl (C=O) groups is 1. The summed E-state index contributed by atoms with van der Waals surface area (Å²) in [7, 11) is 0. The second kappa shape index (κ2) is 3.93. The molecule has 0 spiro atoms. The molecule has 12 heavy (non-hydrogen) atoms. The van der Waals surface area contributed by atoms with Crippen molar-refractivity contribution in [3.63, 3.8) is 0 Å². The van der Waals surface area contributed by atoms with Crippen molar-refractivity contribution >= 4 is 24.0 Å². The van der Waals surface area contributed by atoms with E-state index in [1.165, 1.54) is 0 Å². The maximum absolute atomic E-state index is 10.2. The van der Waals surface area contributed by atoms with Gasteiger partial charge in [-0.3, -0.25) is 4.79 Å². The molecule has 1 aromatic carbocycles. The molecule has 2 N–H and O–H groups in total. The predicted octanol–water partition coefficient (Wildman–Crippen LogP) is 1.84. The van der Waals surface area contributed by atoms with Gasteiger partial charge in [0.2, 0.25) is 0 Å². The van der Waals surface area contributed by atoms with Crippen molar-refractivity contribution in [1.82, 2.24) is 0 Å². The van der Waals surface area contributed by atoms with Crippen molar-refractivity contribution in [2.45, 2.75) is 0 Å². The fraction of sp³-hybridized carbons (Fsp3) is 0. The van der Waals surface area contributed by atoms with Crippen LogP contribution in [0.3, 0.4) is 0 Å². The zero-order valence-electron chi connectivity index (χ0n) is 6.33. The quantitative estimate of drug-likeness (QED) is 0.559. The van der Waals surface area contributed by atoms with Crippen molar-refractivity contribution in [2.24, 2.45) is 5.73 Å². The maximum Gasteiger partial charge on any atom is 0.165 e. The largest absolute Gasteiger partial charge is 0.396 e. The number of benzene rings is 1. The first kappa shape index (κ1) is 8.81. The third kappa shape index (κ3) is 2.40. The Morgan fingerprint density at radius 2 is 2.25 bits per heavy atom. The van der Waals surface area contributed by atoms with Crippen LogP contribution in [0.4, 0.5) is 0 Å². The third-order valence-corrected chi connectivity index (χ3v) is 1.55. The summed E-state index contributed by atoms with van der Waals surface area (Å²) in [6.45, 7) is 0. The SMILES string of the molecule is N/C(C=O)=C\c1cccc(Cl)c1. The van der Waals surface area contributed by atoms with Crippen molar-refractivity contribution in [3.8, 4) is 0 Å². The number of aldehydes is 1. The molecule has 0 saturated carbocycles. The van der Waals surface area contributed by atoms with Crippen LogP contribution < -0.4 is 5.73 Å². The molecule has 0 fully saturated rings. The Morgan fingerprint density at radius 3 is 2.83 bits per heavy atom. The molecule has 0 atom stereocenters. The molecule has 1 aromatic rings. The van der Waals surface area contributed by atoms with Crippen LogP contribution in [0.25, 0.3) is 6.08 Å². The molecule has 0 aliphatic heterocycles. The molecule has 0 aliphatic rings. The second-order valence-corrected chi connectivity index (χ2v) is 2.75. The molecule has 2 nitrogen and oxygen atoms in total. The van der Waals surface area contributed by atoms with Crippen LogP contribution in [0.15, 0.2) is 30.0 Å². The van der Waals surface area contributed by atoms with Crippen LogP contribution >= 0.6 is 11.6 Å². The molecule has 0 aromatic heterocycles. The summed E-state index contributed by atoms with van der Waals surface area (Å²) in [6, 6.07) is 7.11. The summed E-state index contributed by atoms with van der Waals surface area (Å²) in [5, 5.41) is 0.627. The number of rotatable bonds is 2. The lowest BCUT2D eigenvalue weighted by molar-refractivity contribution is -0.104. The minimum atomic E-state index is 0.192. The number of hydrogen-bond acceptors (Lipinski definition) is 2. The molecule has 0 amide bonds. The fourth-order valence-corrected chi connectivity index (χ4v) is 1.02. The first-order valence-corrected chi connectivity index (χ1v) is 3.78. The lowest BCUT2D eigenvalue weighted by Gasteiger charge is -1.94. The standard InChI is InChI=1S/C9H8ClNO/c10-8-3-1-2-7(4-8)5-9(11)6-12/h1-6H,11H2/b9-5-. The lowest BCUT2D eigenvalue weighted by Crippen LogP contribution is -1.96. The van der Waals surface area contributed by atoms with Gasteiger partial charge in [-0.15, -0.1) is 0 Å². The van der Waals surface area contributed by atoms with Gasteiger partial charge in [0.1, 0.15) is 0 Å². The zero-order chi connectivity index (χ0) is 8.97. The van der Waals surface area contributed by atoms with Gasteiger partial charge in [-0.05, 0) is 23.8 Å². The van der Waals surface area contributed by atoms with E-state index in [9.17, 15) is 4.79 Å². The van der Waals surface area contributed by atoms with E-state index in [2.05, 4.69) is 0 Å². The van der Waals surface area contributed by atoms with E-state index in [4.69, 9.17) is 17.3 Å². The maximum atomic E-state index is 10.2. The highest BCUT2D eigenvalue weighted by molar-refractivity contribution is 6.30. The van der Waals surface area contributed by atoms with E-state index >= 15 is 0 Å². The van der Waals surface area contributed by atoms with Crippen molar-refractivity contribution < 1.29 is 4.79 Å². The topological polar surface area (TPSA) is 43.1 Å². The van der Waals surface area contributed by atoms with Gasteiger partial charge in [0.05, 0.1) is 5.70 Å². The highest BCUT2D eigenvalue weighted by atomic mass is 35.5. The highest BCUT2D eigenvalue weighted by Crippen LogP contribution is 2.11. The van der Waals surface area contributed by atoms with Crippen LogP contribution in [-0.4, -0.2) is 6.29 Å². The third-order valence-electron chi connectivity index (χ3n) is 1.32. The van der Waals surface area contributed by atoms with Gasteiger partial charge in [-0.2, -0.15) is 0 Å². The van der Waals surface area contributed by atoms with Gasteiger partial charge in [0.15, 0.2) is 6.29 Å². The highest BCUT2D eigenvalue weighted by Gasteiger charge is 1.91. The van der Waals surface area contributed by atoms with Gasteiger partial charge >= 0.3 is 0 Å². The van der Waals surface area contributed by atoms with E-state index in [1.54, 1.807) is 24.3 Å². The molecule has 3 heteroatoms. The molecule has 62 valence electrons. The number of hydrogen-bond donors (Lipinski definition) is 1. The summed E-state index contributed by atoms with van der Waals surface area (Å²) < 4.78 is 0. The summed E-state index contributed by atoms with van der Waals surface area (Å²) in [5.74, 6) is 0. The van der Waals surface area contributed by atoms with Crippen LogP contribution in [0.1, 0.15) is 5.56 Å². The Hall–Kier alpha value is -1.28. The van der Waals surface area contributed by atoms with Crippen molar-refractivity contribution in [1.29, 1.82) is 0 Å². The molecular formula is C9H8ClNO. The van der Waals surface area contributed by atoms with E-state index in [0.29, 0.717) is 11.3 Å². The van der Waals surface area contributed by atoms with E-state index in [-0.39, 0.29) is 5.70 Å². The normalized spacial score (nSPS) is 11.2. The molecule has 0 heterocycles. The number of allylic oxidation sites excluding steroid dienone is 1. The predicted molar refractivity (Wildman–Crippen MR) is 49.7 cm³/mol. The number of halogens is 1. The van der Waals surface area contributed by atoms with Gasteiger partial charge in [-0.1, -0.05) is 23.7 Å². The minimum Gasteiger partial charge on any atom is -0.396 e. The van der Waals surface area contributed by atoms with Crippen LogP contribution in [0.2, 0.25) is 5.02 Å². The summed E-state index contributed by atoms with van der Waals surface area (Å²) in [6.07, 6.45) is 2.17. The molecule has 0 bridgehead atoms. The molecular weight excluding hydrogens is 174 g/mol. The van der Waals surface area contributed by atoms with Crippen LogP contribution in [0.5, 0.6) is 0 Å². The van der Waals surface area contributed by atoms with E-state index < -0.39 is 0 Å². The summed E-state index contributed by atoms with van der Waals surface area (Å²) in [5.41, 5.74) is 6.32. The molecule has 1 rings (SSSR count). The van der Waals surface area contributed by atoms with Gasteiger partial charge < -0.3 is 5.73 Å². The van der Waals surface area contributed by atoms with Crippen molar-refractivity contribution in [2.75, 3.05) is 0 Å². The van der Waals surface area contributed by atoms with E-state index in [1.807, 2.05) is 6.07 Å². The monoisotopic (exact) mass is 181 g/mol. The molecule has 0 unspecified atom stereocenters. The lowest BCUT2D eigenvalue weighted by atomic mass is 10.2. The number of carbonyl (C=O) groups excluding carboxylic acids is 1. The molecule has 0 saturated heterocycles. The summed E-state index contributed by atoms with van der Waals surface area (Å²) >= 11 is 5.71. The average Bonchev–Trinajstić information content (AvgIpc) is 2.04. The van der Waals surface area contributed by atoms with Crippen molar-refractivity contribution in [3.05, 3.63) is 40.5 Å². The second-order valence-electron chi connectivity index (χ2n) is 2.32. The fourth-order valence-electron chi connectivity index (χ4n) is 0.823. The zero-order valence-corrected chi connectivity index (χ0v) is 7.08. The number of nitrogens with two attached hydrogens (primary N) is 1. The Labute approximate surface area is 75.6 Å². The summed E-state index contributed by atoms with van der Waals surface area (Å²) in [4.78, 5) is 10.2. The average molecular weight is 182 g/mol. The Bertz CT molecular complexity index is 320. The molecule has 0 radical (unpaired) electrons. The van der Waals surface area contributed by atoms with Gasteiger partial charge in [0.25, 0.3) is 0 Å². The Morgan fingerprint density at radius 1 is 1.50 bits per heavy atom. The van der Waals surface area contributed by atoms with Gasteiger partial charge in [-0.25, -0.2) is 0 Å². The Balaban J connectivity index is 2.97. The van der Waals surface area contributed by atoms with Crippen LogP contribution in [0, 0.1) is 0 Å².